The van der Waals surface area contributed by atoms with Gasteiger partial charge in [0, 0.05) is 11.3 Å². The summed E-state index contributed by atoms with van der Waals surface area (Å²) in [5, 5.41) is 8.99. The lowest BCUT2D eigenvalue weighted by molar-refractivity contribution is 0.0693. The first-order chi connectivity index (χ1) is 9.06. The maximum absolute atomic E-state index is 13.0. The number of pyridine rings is 1. The number of aromatic nitrogens is 1. The molecule has 2 rings (SSSR count). The Kier molecular flexibility index (Phi) is 3.75. The van der Waals surface area contributed by atoms with Gasteiger partial charge in [-0.1, -0.05) is 6.07 Å². The average Bonchev–Trinajstić information content (AvgIpc) is 2.39. The van der Waals surface area contributed by atoms with Gasteiger partial charge in [-0.15, -0.1) is 0 Å². The van der Waals surface area contributed by atoms with E-state index in [0.717, 1.165) is 11.8 Å². The second-order valence-electron chi connectivity index (χ2n) is 4.03. The van der Waals surface area contributed by atoms with Gasteiger partial charge in [-0.05, 0) is 31.2 Å². The minimum absolute atomic E-state index is 0.0483. The lowest BCUT2D eigenvalue weighted by Crippen LogP contribution is -2.06. The third kappa shape index (κ3) is 3.28. The fraction of sp³-hybridized carbons (Fsp3) is 0.143. The fourth-order valence-corrected chi connectivity index (χ4v) is 1.57. The topological polar surface area (TPSA) is 59.4 Å². The predicted octanol–water partition coefficient (Wildman–Crippen LogP) is 2.81. The standard InChI is InChI=1S/C14H12FNO3/c1-9-2-5-12(7-16-9)19-8-10-3-4-11(15)6-13(10)14(17)18/h2-7H,8H2,1H3,(H,17,18). The highest BCUT2D eigenvalue weighted by atomic mass is 19.1. The number of nitrogens with zero attached hydrogens (tertiary/aromatic N) is 1. The Labute approximate surface area is 109 Å². The number of hydrogen-bond acceptors (Lipinski definition) is 3. The van der Waals surface area contributed by atoms with Gasteiger partial charge < -0.3 is 9.84 Å². The molecule has 0 atom stereocenters. The predicted molar refractivity (Wildman–Crippen MR) is 66.7 cm³/mol. The minimum Gasteiger partial charge on any atom is -0.487 e. The molecule has 98 valence electrons. The van der Waals surface area contributed by atoms with E-state index in [1.165, 1.54) is 12.1 Å². The van der Waals surface area contributed by atoms with Crippen LogP contribution < -0.4 is 4.74 Å². The van der Waals surface area contributed by atoms with Gasteiger partial charge in [0.2, 0.25) is 0 Å². The Morgan fingerprint density at radius 3 is 2.79 bits per heavy atom. The molecule has 0 bridgehead atoms. The molecule has 1 aromatic heterocycles. The van der Waals surface area contributed by atoms with Crippen LogP contribution in [-0.4, -0.2) is 16.1 Å². The first-order valence-electron chi connectivity index (χ1n) is 5.63. The molecule has 1 aromatic carbocycles. The Hall–Kier alpha value is -2.43. The van der Waals surface area contributed by atoms with Gasteiger partial charge in [-0.2, -0.15) is 0 Å². The van der Waals surface area contributed by atoms with Gasteiger partial charge in [-0.25, -0.2) is 9.18 Å². The van der Waals surface area contributed by atoms with E-state index in [1.54, 1.807) is 18.3 Å². The number of aromatic carboxylic acids is 1. The summed E-state index contributed by atoms with van der Waals surface area (Å²) in [4.78, 5) is 15.1. The lowest BCUT2D eigenvalue weighted by atomic mass is 10.1. The van der Waals surface area contributed by atoms with E-state index in [2.05, 4.69) is 4.98 Å². The molecule has 0 radical (unpaired) electrons. The monoisotopic (exact) mass is 261 g/mol. The van der Waals surface area contributed by atoms with Crippen LogP contribution in [0.15, 0.2) is 36.5 Å². The normalized spacial score (nSPS) is 10.2. The highest BCUT2D eigenvalue weighted by Gasteiger charge is 2.11. The lowest BCUT2D eigenvalue weighted by Gasteiger charge is -2.08. The highest BCUT2D eigenvalue weighted by molar-refractivity contribution is 5.89. The zero-order chi connectivity index (χ0) is 13.8. The first-order valence-corrected chi connectivity index (χ1v) is 5.63. The summed E-state index contributed by atoms with van der Waals surface area (Å²) < 4.78 is 18.4. The molecule has 0 aliphatic carbocycles. The van der Waals surface area contributed by atoms with Crippen molar-refractivity contribution in [2.24, 2.45) is 0 Å². The van der Waals surface area contributed by atoms with Crippen LogP contribution in [0, 0.1) is 12.7 Å². The highest BCUT2D eigenvalue weighted by Crippen LogP contribution is 2.16. The quantitative estimate of drug-likeness (QED) is 0.919. The number of ether oxygens (including phenoxy) is 1. The summed E-state index contributed by atoms with van der Waals surface area (Å²) in [5.41, 5.74) is 1.18. The van der Waals surface area contributed by atoms with Crippen molar-refractivity contribution in [3.8, 4) is 5.75 Å². The van der Waals surface area contributed by atoms with Crippen molar-refractivity contribution in [2.45, 2.75) is 13.5 Å². The van der Waals surface area contributed by atoms with E-state index in [0.29, 0.717) is 11.3 Å². The third-order valence-corrected chi connectivity index (χ3v) is 2.58. The summed E-state index contributed by atoms with van der Waals surface area (Å²) in [6.45, 7) is 1.90. The smallest absolute Gasteiger partial charge is 0.336 e. The van der Waals surface area contributed by atoms with Crippen LogP contribution in [0.4, 0.5) is 4.39 Å². The SMILES string of the molecule is Cc1ccc(OCc2ccc(F)cc2C(=O)O)cn1. The molecule has 1 N–H and O–H groups in total. The summed E-state index contributed by atoms with van der Waals surface area (Å²) in [6.07, 6.45) is 1.55. The molecule has 0 saturated carbocycles. The van der Waals surface area contributed by atoms with Crippen molar-refractivity contribution in [1.29, 1.82) is 0 Å². The van der Waals surface area contributed by atoms with E-state index in [9.17, 15) is 9.18 Å². The van der Waals surface area contributed by atoms with E-state index in [-0.39, 0.29) is 12.2 Å². The number of carbonyl (C=O) groups is 1. The van der Waals surface area contributed by atoms with Gasteiger partial charge in [0.1, 0.15) is 18.2 Å². The molecule has 5 heteroatoms. The van der Waals surface area contributed by atoms with Gasteiger partial charge in [0.25, 0.3) is 0 Å². The van der Waals surface area contributed by atoms with E-state index < -0.39 is 11.8 Å². The van der Waals surface area contributed by atoms with Crippen LogP contribution in [0.25, 0.3) is 0 Å². The van der Waals surface area contributed by atoms with E-state index in [4.69, 9.17) is 9.84 Å². The minimum atomic E-state index is -1.18. The van der Waals surface area contributed by atoms with Crippen LogP contribution in [-0.2, 0) is 6.61 Å². The molecule has 0 amide bonds. The first kappa shape index (κ1) is 13.0. The Morgan fingerprint density at radius 2 is 2.16 bits per heavy atom. The van der Waals surface area contributed by atoms with Crippen molar-refractivity contribution in [1.82, 2.24) is 4.98 Å². The van der Waals surface area contributed by atoms with Gasteiger partial charge in [-0.3, -0.25) is 4.98 Å². The average molecular weight is 261 g/mol. The van der Waals surface area contributed by atoms with Crippen LogP contribution in [0.3, 0.4) is 0 Å². The number of hydrogen-bond donors (Lipinski definition) is 1. The molecule has 0 aliphatic rings. The van der Waals surface area contributed by atoms with E-state index in [1.807, 2.05) is 6.92 Å². The molecule has 0 unspecified atom stereocenters. The molecule has 0 fully saturated rings. The molecule has 0 spiro atoms. The number of rotatable bonds is 4. The Morgan fingerprint density at radius 1 is 1.37 bits per heavy atom. The summed E-state index contributed by atoms with van der Waals surface area (Å²) >= 11 is 0. The third-order valence-electron chi connectivity index (χ3n) is 2.58. The van der Waals surface area contributed by atoms with E-state index >= 15 is 0 Å². The molecule has 1 heterocycles. The second-order valence-corrected chi connectivity index (χ2v) is 4.03. The molecule has 2 aromatic rings. The van der Waals surface area contributed by atoms with Gasteiger partial charge in [0.15, 0.2) is 0 Å². The summed E-state index contributed by atoms with van der Waals surface area (Å²) in [7, 11) is 0. The second kappa shape index (κ2) is 5.48. The number of halogens is 1. The zero-order valence-electron chi connectivity index (χ0n) is 10.3. The molecule has 19 heavy (non-hydrogen) atoms. The van der Waals surface area contributed by atoms with Crippen molar-refractivity contribution in [3.63, 3.8) is 0 Å². The Bertz CT molecular complexity index is 596. The largest absolute Gasteiger partial charge is 0.487 e. The summed E-state index contributed by atoms with van der Waals surface area (Å²) in [6, 6.07) is 7.12. The molecule has 4 nitrogen and oxygen atoms in total. The van der Waals surface area contributed by atoms with Gasteiger partial charge in [0.05, 0.1) is 11.8 Å². The maximum Gasteiger partial charge on any atom is 0.336 e. The van der Waals surface area contributed by atoms with Crippen LogP contribution in [0.2, 0.25) is 0 Å². The van der Waals surface area contributed by atoms with Crippen LogP contribution >= 0.6 is 0 Å². The number of benzene rings is 1. The molecule has 0 saturated heterocycles. The maximum atomic E-state index is 13.0. The van der Waals surface area contributed by atoms with Gasteiger partial charge >= 0.3 is 5.97 Å². The van der Waals surface area contributed by atoms with Crippen molar-refractivity contribution in [3.05, 3.63) is 59.2 Å². The zero-order valence-corrected chi connectivity index (χ0v) is 10.3. The number of aryl methyl sites for hydroxylation is 1. The van der Waals surface area contributed by atoms with Crippen molar-refractivity contribution < 1.29 is 19.0 Å². The molecular weight excluding hydrogens is 249 g/mol. The Balaban J connectivity index is 2.15. The number of carboxylic acid groups (broad SMARTS) is 1. The summed E-state index contributed by atoms with van der Waals surface area (Å²) in [5.74, 6) is -1.23. The van der Waals surface area contributed by atoms with Crippen LogP contribution in [0.1, 0.15) is 21.6 Å². The molecular formula is C14H12FNO3. The number of carboxylic acids is 1. The van der Waals surface area contributed by atoms with Crippen molar-refractivity contribution in [2.75, 3.05) is 0 Å². The van der Waals surface area contributed by atoms with Crippen molar-refractivity contribution >= 4 is 5.97 Å². The molecule has 0 aliphatic heterocycles. The fourth-order valence-electron chi connectivity index (χ4n) is 1.57. The van der Waals surface area contributed by atoms with Crippen LogP contribution in [0.5, 0.6) is 5.75 Å².